The third-order valence-corrected chi connectivity index (χ3v) is 8.25. The Balaban J connectivity index is 1.81. The molecular weight excluding hydrogens is 551 g/mol. The number of rotatable bonds is 7. The Morgan fingerprint density at radius 2 is 1.45 bits per heavy atom. The van der Waals surface area contributed by atoms with Gasteiger partial charge in [-0.3, -0.25) is 9.44 Å². The molecule has 0 amide bonds. The van der Waals surface area contributed by atoms with Crippen molar-refractivity contribution in [2.75, 3.05) is 16.6 Å². The van der Waals surface area contributed by atoms with E-state index in [-0.39, 0.29) is 31.2 Å². The Kier molecular flexibility index (Phi) is 7.07. The van der Waals surface area contributed by atoms with Gasteiger partial charge in [0.1, 0.15) is 5.75 Å². The standard InChI is InChI=1S/C19H15BrCl2N2O5S2/c1-29-18-10-9-14(11-15(18)20)31(27,28)23-12-5-7-13(8-6-12)30(25,26)24-17-4-2-3-16(21)19(17)22/h2-11,23-24H,1H3. The molecule has 0 saturated heterocycles. The lowest BCUT2D eigenvalue weighted by Gasteiger charge is -2.12. The Morgan fingerprint density at radius 3 is 2.06 bits per heavy atom. The fraction of sp³-hybridized carbons (Fsp3) is 0.0526. The molecule has 0 radical (unpaired) electrons. The molecule has 0 saturated carbocycles. The van der Waals surface area contributed by atoms with E-state index in [0.717, 1.165) is 0 Å². The predicted octanol–water partition coefficient (Wildman–Crippen LogP) is 5.37. The molecule has 2 N–H and O–H groups in total. The van der Waals surface area contributed by atoms with Gasteiger partial charge < -0.3 is 4.74 Å². The van der Waals surface area contributed by atoms with Gasteiger partial charge in [-0.25, -0.2) is 16.8 Å². The fourth-order valence-corrected chi connectivity index (χ4v) is 5.77. The summed E-state index contributed by atoms with van der Waals surface area (Å²) in [5.41, 5.74) is 0.315. The molecule has 0 atom stereocenters. The number of benzene rings is 3. The summed E-state index contributed by atoms with van der Waals surface area (Å²) in [7, 11) is -6.40. The maximum Gasteiger partial charge on any atom is 0.261 e. The Morgan fingerprint density at radius 1 is 0.839 bits per heavy atom. The molecule has 7 nitrogen and oxygen atoms in total. The minimum absolute atomic E-state index is 0.00846. The summed E-state index contributed by atoms with van der Waals surface area (Å²) in [5, 5.41) is 0.277. The largest absolute Gasteiger partial charge is 0.496 e. The lowest BCUT2D eigenvalue weighted by Crippen LogP contribution is -2.15. The zero-order valence-corrected chi connectivity index (χ0v) is 20.5. The number of hydrogen-bond donors (Lipinski definition) is 2. The highest BCUT2D eigenvalue weighted by Gasteiger charge is 2.19. The summed E-state index contributed by atoms with van der Waals surface area (Å²) in [5.74, 6) is 0.487. The lowest BCUT2D eigenvalue weighted by molar-refractivity contribution is 0.411. The third kappa shape index (κ3) is 5.45. The summed E-state index contributed by atoms with van der Waals surface area (Å²) in [4.78, 5) is -0.0761. The number of halogens is 3. The first-order valence-corrected chi connectivity index (χ1v) is 13.0. The van der Waals surface area contributed by atoms with Crippen molar-refractivity contribution < 1.29 is 21.6 Å². The maximum atomic E-state index is 12.6. The fourth-order valence-electron chi connectivity index (χ4n) is 2.52. The van der Waals surface area contributed by atoms with Crippen LogP contribution < -0.4 is 14.2 Å². The van der Waals surface area contributed by atoms with Gasteiger partial charge in [0.2, 0.25) is 0 Å². The molecular formula is C19H15BrCl2N2O5S2. The third-order valence-electron chi connectivity index (χ3n) is 4.05. The van der Waals surface area contributed by atoms with Gasteiger partial charge in [-0.2, -0.15) is 0 Å². The molecule has 0 aromatic heterocycles. The summed E-state index contributed by atoms with van der Waals surface area (Å²) < 4.78 is 60.8. The van der Waals surface area contributed by atoms with E-state index >= 15 is 0 Å². The molecule has 164 valence electrons. The SMILES string of the molecule is COc1ccc(S(=O)(=O)Nc2ccc(S(=O)(=O)Nc3cccc(Cl)c3Cl)cc2)cc1Br. The predicted molar refractivity (Wildman–Crippen MR) is 125 cm³/mol. The van der Waals surface area contributed by atoms with E-state index in [9.17, 15) is 16.8 Å². The van der Waals surface area contributed by atoms with Gasteiger partial charge in [0.05, 0.1) is 37.1 Å². The van der Waals surface area contributed by atoms with Crippen molar-refractivity contribution in [2.24, 2.45) is 0 Å². The molecule has 12 heteroatoms. The highest BCUT2D eigenvalue weighted by molar-refractivity contribution is 9.10. The quantitative estimate of drug-likeness (QED) is 0.401. The number of anilines is 2. The minimum Gasteiger partial charge on any atom is -0.496 e. The van der Waals surface area contributed by atoms with E-state index in [1.165, 1.54) is 61.7 Å². The molecule has 0 unspecified atom stereocenters. The van der Waals surface area contributed by atoms with Crippen molar-refractivity contribution in [1.82, 2.24) is 0 Å². The van der Waals surface area contributed by atoms with Gasteiger partial charge in [0.25, 0.3) is 20.0 Å². The highest BCUT2D eigenvalue weighted by Crippen LogP contribution is 2.32. The lowest BCUT2D eigenvalue weighted by atomic mass is 10.3. The van der Waals surface area contributed by atoms with Crippen LogP contribution in [0, 0.1) is 0 Å². The molecule has 0 heterocycles. The van der Waals surface area contributed by atoms with Crippen LogP contribution in [0.2, 0.25) is 10.0 Å². The number of nitrogens with one attached hydrogen (secondary N) is 2. The number of hydrogen-bond acceptors (Lipinski definition) is 5. The highest BCUT2D eigenvalue weighted by atomic mass is 79.9. The van der Waals surface area contributed by atoms with Gasteiger partial charge in [0, 0.05) is 5.69 Å². The van der Waals surface area contributed by atoms with Gasteiger partial charge in [-0.1, -0.05) is 29.3 Å². The van der Waals surface area contributed by atoms with E-state index in [2.05, 4.69) is 25.4 Å². The zero-order chi connectivity index (χ0) is 22.8. The van der Waals surface area contributed by atoms with E-state index in [0.29, 0.717) is 10.2 Å². The molecule has 0 spiro atoms. The minimum atomic E-state index is -3.97. The molecule has 0 bridgehead atoms. The number of methoxy groups -OCH3 is 1. The average Bonchev–Trinajstić information content (AvgIpc) is 2.71. The van der Waals surface area contributed by atoms with Crippen LogP contribution in [0.4, 0.5) is 11.4 Å². The van der Waals surface area contributed by atoms with E-state index in [4.69, 9.17) is 27.9 Å². The van der Waals surface area contributed by atoms with E-state index < -0.39 is 20.0 Å². The zero-order valence-electron chi connectivity index (χ0n) is 15.8. The van der Waals surface area contributed by atoms with Crippen LogP contribution in [-0.4, -0.2) is 23.9 Å². The van der Waals surface area contributed by atoms with Crippen LogP contribution in [0.15, 0.2) is 74.9 Å². The average molecular weight is 566 g/mol. The molecule has 31 heavy (non-hydrogen) atoms. The van der Waals surface area contributed by atoms with Crippen molar-refractivity contribution in [2.45, 2.75) is 9.79 Å². The van der Waals surface area contributed by atoms with Crippen molar-refractivity contribution in [3.63, 3.8) is 0 Å². The second-order valence-corrected chi connectivity index (χ2v) is 11.1. The first-order chi connectivity index (χ1) is 14.5. The summed E-state index contributed by atoms with van der Waals surface area (Å²) in [6, 6.07) is 14.1. The normalized spacial score (nSPS) is 11.7. The topological polar surface area (TPSA) is 102 Å². The summed E-state index contributed by atoms with van der Waals surface area (Å²) in [6.07, 6.45) is 0. The van der Waals surface area contributed by atoms with Gasteiger partial charge in [-0.15, -0.1) is 0 Å². The van der Waals surface area contributed by atoms with Gasteiger partial charge in [0.15, 0.2) is 0 Å². The number of ether oxygens (including phenoxy) is 1. The van der Waals surface area contributed by atoms with Crippen LogP contribution in [0.25, 0.3) is 0 Å². The van der Waals surface area contributed by atoms with Crippen molar-refractivity contribution in [3.05, 3.63) is 75.2 Å². The van der Waals surface area contributed by atoms with Crippen LogP contribution in [0.3, 0.4) is 0 Å². The molecule has 0 aliphatic carbocycles. The first-order valence-electron chi connectivity index (χ1n) is 8.47. The molecule has 0 aliphatic heterocycles. The summed E-state index contributed by atoms with van der Waals surface area (Å²) in [6.45, 7) is 0. The Bertz CT molecular complexity index is 1330. The van der Waals surface area contributed by atoms with Crippen LogP contribution in [0.5, 0.6) is 5.75 Å². The smallest absolute Gasteiger partial charge is 0.261 e. The maximum absolute atomic E-state index is 12.6. The van der Waals surface area contributed by atoms with Crippen LogP contribution in [-0.2, 0) is 20.0 Å². The number of sulfonamides is 2. The molecule has 0 aliphatic rings. The van der Waals surface area contributed by atoms with Crippen LogP contribution in [0.1, 0.15) is 0 Å². The molecule has 3 aromatic carbocycles. The molecule has 3 aromatic rings. The molecule has 3 rings (SSSR count). The Labute approximate surface area is 198 Å². The van der Waals surface area contributed by atoms with Crippen molar-refractivity contribution in [1.29, 1.82) is 0 Å². The van der Waals surface area contributed by atoms with Crippen LogP contribution >= 0.6 is 39.1 Å². The summed E-state index contributed by atoms with van der Waals surface area (Å²) >= 11 is 15.2. The van der Waals surface area contributed by atoms with Gasteiger partial charge in [-0.05, 0) is 70.5 Å². The first kappa shape index (κ1) is 23.7. The van der Waals surface area contributed by atoms with Gasteiger partial charge >= 0.3 is 0 Å². The van der Waals surface area contributed by atoms with Crippen molar-refractivity contribution in [3.8, 4) is 5.75 Å². The van der Waals surface area contributed by atoms with E-state index in [1.54, 1.807) is 6.07 Å². The van der Waals surface area contributed by atoms with E-state index in [1.807, 2.05) is 0 Å². The Hall–Kier alpha value is -1.98. The monoisotopic (exact) mass is 564 g/mol. The second kappa shape index (κ2) is 9.25. The molecule has 0 fully saturated rings. The second-order valence-electron chi connectivity index (χ2n) is 6.13. The van der Waals surface area contributed by atoms with Crippen molar-refractivity contribution >= 4 is 70.6 Å².